The summed E-state index contributed by atoms with van der Waals surface area (Å²) in [7, 11) is 0. The van der Waals surface area contributed by atoms with Crippen LogP contribution in [0.3, 0.4) is 0 Å². The molecule has 0 spiro atoms. The lowest BCUT2D eigenvalue weighted by molar-refractivity contribution is 0.480. The lowest BCUT2D eigenvalue weighted by Gasteiger charge is -2.17. The second kappa shape index (κ2) is 7.55. The molecule has 3 N–H and O–H groups in total. The van der Waals surface area contributed by atoms with Crippen molar-refractivity contribution in [3.05, 3.63) is 70.0 Å². The van der Waals surface area contributed by atoms with E-state index in [9.17, 15) is 4.39 Å². The average molecular weight is 307 g/mol. The van der Waals surface area contributed by atoms with Crippen molar-refractivity contribution in [2.24, 2.45) is 5.84 Å². The molecule has 0 aliphatic heterocycles. The molecule has 2 nitrogen and oxygen atoms in total. The molecule has 4 heteroatoms. The van der Waals surface area contributed by atoms with Crippen molar-refractivity contribution in [3.8, 4) is 0 Å². The molecule has 2 aromatic rings. The minimum absolute atomic E-state index is 0.0148. The van der Waals surface area contributed by atoms with Gasteiger partial charge in [0.1, 0.15) is 5.82 Å². The number of hydrogen-bond acceptors (Lipinski definition) is 2. The first-order valence-electron chi connectivity index (χ1n) is 7.05. The predicted molar refractivity (Wildman–Crippen MR) is 85.7 cm³/mol. The van der Waals surface area contributed by atoms with Gasteiger partial charge < -0.3 is 0 Å². The summed E-state index contributed by atoms with van der Waals surface area (Å²) in [5, 5.41) is 0.450. The molecule has 2 aromatic carbocycles. The maximum atomic E-state index is 13.8. The molecule has 1 atom stereocenters. The number of aryl methyl sites for hydroxylation is 2. The quantitative estimate of drug-likeness (QED) is 0.629. The van der Waals surface area contributed by atoms with E-state index in [-0.39, 0.29) is 11.9 Å². The molecular formula is C17H20ClFN2. The van der Waals surface area contributed by atoms with E-state index in [4.69, 9.17) is 17.4 Å². The van der Waals surface area contributed by atoms with Crippen molar-refractivity contribution in [2.75, 3.05) is 0 Å². The Morgan fingerprint density at radius 3 is 2.62 bits per heavy atom. The molecule has 0 aliphatic rings. The highest BCUT2D eigenvalue weighted by atomic mass is 35.5. The number of nitrogens with two attached hydrogens (primary N) is 1. The zero-order valence-corrected chi connectivity index (χ0v) is 12.8. The van der Waals surface area contributed by atoms with Crippen LogP contribution in [0.25, 0.3) is 0 Å². The fraction of sp³-hybridized carbons (Fsp3) is 0.294. The highest BCUT2D eigenvalue weighted by Gasteiger charge is 2.14. The summed E-state index contributed by atoms with van der Waals surface area (Å²) in [5.41, 5.74) is 5.84. The Bertz CT molecular complexity index is 581. The largest absolute Gasteiger partial charge is 0.271 e. The summed E-state index contributed by atoms with van der Waals surface area (Å²) < 4.78 is 13.8. The van der Waals surface area contributed by atoms with Crippen LogP contribution >= 0.6 is 11.6 Å². The Morgan fingerprint density at radius 2 is 1.95 bits per heavy atom. The van der Waals surface area contributed by atoms with Gasteiger partial charge in [-0.1, -0.05) is 41.9 Å². The Morgan fingerprint density at radius 1 is 1.19 bits per heavy atom. The molecule has 0 radical (unpaired) electrons. The fourth-order valence-corrected chi connectivity index (χ4v) is 2.68. The van der Waals surface area contributed by atoms with Crippen LogP contribution in [-0.4, -0.2) is 6.04 Å². The van der Waals surface area contributed by atoms with Crippen molar-refractivity contribution in [1.82, 2.24) is 5.43 Å². The van der Waals surface area contributed by atoms with E-state index in [0.29, 0.717) is 17.0 Å². The van der Waals surface area contributed by atoms with E-state index in [1.807, 2.05) is 12.1 Å². The highest BCUT2D eigenvalue weighted by molar-refractivity contribution is 6.31. The second-order valence-corrected chi connectivity index (χ2v) is 5.64. The molecule has 0 amide bonds. The average Bonchev–Trinajstić information content (AvgIpc) is 2.48. The number of hydrogen-bond donors (Lipinski definition) is 2. The molecule has 0 saturated heterocycles. The van der Waals surface area contributed by atoms with Gasteiger partial charge in [0, 0.05) is 16.6 Å². The van der Waals surface area contributed by atoms with E-state index < -0.39 is 0 Å². The standard InChI is InChI=1S/C17H20ClFN2/c1-12-5-2-3-6-13(12)9-10-14(21-20)11-15-16(18)7-4-8-17(15)19/h2-8,14,21H,9-11,20H2,1H3. The van der Waals surface area contributed by atoms with Gasteiger partial charge in [-0.05, 0) is 49.4 Å². The summed E-state index contributed by atoms with van der Waals surface area (Å²) in [6.07, 6.45) is 2.20. The summed E-state index contributed by atoms with van der Waals surface area (Å²) in [4.78, 5) is 0. The summed E-state index contributed by atoms with van der Waals surface area (Å²) in [6.45, 7) is 2.09. The van der Waals surface area contributed by atoms with Crippen LogP contribution in [0.4, 0.5) is 4.39 Å². The van der Waals surface area contributed by atoms with E-state index in [1.54, 1.807) is 12.1 Å². The lowest BCUT2D eigenvalue weighted by atomic mass is 9.97. The van der Waals surface area contributed by atoms with Crippen LogP contribution in [0.5, 0.6) is 0 Å². The van der Waals surface area contributed by atoms with Crippen LogP contribution in [-0.2, 0) is 12.8 Å². The molecular weight excluding hydrogens is 287 g/mol. The Balaban J connectivity index is 2.02. The molecule has 0 heterocycles. The van der Waals surface area contributed by atoms with Gasteiger partial charge >= 0.3 is 0 Å². The number of halogens is 2. The van der Waals surface area contributed by atoms with Gasteiger partial charge in [-0.3, -0.25) is 11.3 Å². The number of rotatable bonds is 6. The highest BCUT2D eigenvalue weighted by Crippen LogP contribution is 2.22. The van der Waals surface area contributed by atoms with Gasteiger partial charge in [0.15, 0.2) is 0 Å². The van der Waals surface area contributed by atoms with Crippen molar-refractivity contribution >= 4 is 11.6 Å². The topological polar surface area (TPSA) is 38.0 Å². The molecule has 0 fully saturated rings. The van der Waals surface area contributed by atoms with E-state index in [0.717, 1.165) is 12.8 Å². The second-order valence-electron chi connectivity index (χ2n) is 5.23. The van der Waals surface area contributed by atoms with Gasteiger partial charge in [0.25, 0.3) is 0 Å². The van der Waals surface area contributed by atoms with Crippen LogP contribution in [0.1, 0.15) is 23.1 Å². The fourth-order valence-electron chi connectivity index (χ4n) is 2.44. The minimum Gasteiger partial charge on any atom is -0.271 e. The first-order chi connectivity index (χ1) is 10.1. The first-order valence-corrected chi connectivity index (χ1v) is 7.43. The number of benzene rings is 2. The molecule has 1 unspecified atom stereocenters. The predicted octanol–water partition coefficient (Wildman–Crippen LogP) is 3.79. The van der Waals surface area contributed by atoms with Gasteiger partial charge in [-0.25, -0.2) is 4.39 Å². The molecule has 0 saturated carbocycles. The number of nitrogens with one attached hydrogen (secondary N) is 1. The van der Waals surface area contributed by atoms with Gasteiger partial charge in [-0.15, -0.1) is 0 Å². The molecule has 0 aromatic heterocycles. The summed E-state index contributed by atoms with van der Waals surface area (Å²) in [5.74, 6) is 5.33. The zero-order chi connectivity index (χ0) is 15.2. The van der Waals surface area contributed by atoms with Gasteiger partial charge in [0.2, 0.25) is 0 Å². The minimum atomic E-state index is -0.279. The molecule has 2 rings (SSSR count). The number of hydrazine groups is 1. The molecule has 0 bridgehead atoms. The van der Waals surface area contributed by atoms with Crippen LogP contribution in [0.15, 0.2) is 42.5 Å². The third kappa shape index (κ3) is 4.27. The maximum absolute atomic E-state index is 13.8. The smallest absolute Gasteiger partial charge is 0.127 e. The van der Waals surface area contributed by atoms with E-state index in [1.165, 1.54) is 17.2 Å². The molecule has 0 aliphatic carbocycles. The molecule has 21 heavy (non-hydrogen) atoms. The van der Waals surface area contributed by atoms with Crippen molar-refractivity contribution < 1.29 is 4.39 Å². The molecule has 112 valence electrons. The summed E-state index contributed by atoms with van der Waals surface area (Å²) >= 11 is 6.06. The monoisotopic (exact) mass is 306 g/mol. The normalized spacial score (nSPS) is 12.4. The Kier molecular flexibility index (Phi) is 5.74. The maximum Gasteiger partial charge on any atom is 0.127 e. The Labute approximate surface area is 130 Å². The third-order valence-corrected chi connectivity index (χ3v) is 4.13. The van der Waals surface area contributed by atoms with Crippen molar-refractivity contribution in [3.63, 3.8) is 0 Å². The van der Waals surface area contributed by atoms with Crippen LogP contribution in [0.2, 0.25) is 5.02 Å². The third-order valence-electron chi connectivity index (χ3n) is 3.77. The van der Waals surface area contributed by atoms with Crippen molar-refractivity contribution in [2.45, 2.75) is 32.2 Å². The zero-order valence-electron chi connectivity index (χ0n) is 12.1. The van der Waals surface area contributed by atoms with Crippen molar-refractivity contribution in [1.29, 1.82) is 0 Å². The van der Waals surface area contributed by atoms with Gasteiger partial charge in [-0.2, -0.15) is 0 Å². The van der Waals surface area contributed by atoms with Crippen LogP contribution < -0.4 is 11.3 Å². The van der Waals surface area contributed by atoms with Crippen LogP contribution in [0, 0.1) is 12.7 Å². The SMILES string of the molecule is Cc1ccccc1CCC(Cc1c(F)cccc1Cl)NN. The van der Waals surface area contributed by atoms with E-state index in [2.05, 4.69) is 24.5 Å². The lowest BCUT2D eigenvalue weighted by Crippen LogP contribution is -2.37. The first kappa shape index (κ1) is 16.0. The Hall–Kier alpha value is -1.42. The van der Waals surface area contributed by atoms with Gasteiger partial charge in [0.05, 0.1) is 0 Å². The summed E-state index contributed by atoms with van der Waals surface area (Å²) in [6, 6.07) is 13.0. The van der Waals surface area contributed by atoms with E-state index >= 15 is 0 Å².